The van der Waals surface area contributed by atoms with E-state index in [0.717, 1.165) is 11.5 Å². The highest BCUT2D eigenvalue weighted by molar-refractivity contribution is 5.80. The Labute approximate surface area is 159 Å². The lowest BCUT2D eigenvalue weighted by atomic mass is 9.98. The highest BCUT2D eigenvalue weighted by Gasteiger charge is 2.15. The van der Waals surface area contributed by atoms with Gasteiger partial charge in [0.25, 0.3) is 5.91 Å². The van der Waals surface area contributed by atoms with E-state index in [9.17, 15) is 4.79 Å². The zero-order valence-corrected chi connectivity index (χ0v) is 16.3. The van der Waals surface area contributed by atoms with Gasteiger partial charge in [0.05, 0.1) is 0 Å². The van der Waals surface area contributed by atoms with Crippen LogP contribution in [-0.2, 0) is 11.2 Å². The van der Waals surface area contributed by atoms with E-state index < -0.39 is 6.10 Å². The number of ether oxygens (including phenoxy) is 1. The summed E-state index contributed by atoms with van der Waals surface area (Å²) >= 11 is 0. The first kappa shape index (κ1) is 18.9. The number of rotatable bonds is 7. The minimum atomic E-state index is -0.565. The summed E-state index contributed by atoms with van der Waals surface area (Å²) in [5.74, 6) is 1.85. The Hall–Kier alpha value is -2.89. The van der Waals surface area contributed by atoms with E-state index in [0.29, 0.717) is 24.6 Å². The molecule has 0 aliphatic rings. The van der Waals surface area contributed by atoms with E-state index in [1.807, 2.05) is 40.9 Å². The van der Waals surface area contributed by atoms with Crippen molar-refractivity contribution in [3.8, 4) is 5.75 Å². The quantitative estimate of drug-likeness (QED) is 0.697. The molecule has 3 aromatic rings. The lowest BCUT2D eigenvalue weighted by Gasteiger charge is -2.17. The third-order valence-corrected chi connectivity index (χ3v) is 4.58. The second-order valence-electron chi connectivity index (χ2n) is 7.02. The standard InChI is InChI=1S/C21H26N4O2/c1-14(2)18-9-8-17(13-15(18)3)27-16(4)21(26)22-11-10-20-24-23-19-7-5-6-12-25(19)20/h5-9,12-14,16H,10-11H2,1-4H3,(H,22,26). The van der Waals surface area contributed by atoms with Crippen molar-refractivity contribution >= 4 is 11.6 Å². The lowest BCUT2D eigenvalue weighted by Crippen LogP contribution is -2.37. The minimum absolute atomic E-state index is 0.144. The van der Waals surface area contributed by atoms with E-state index in [-0.39, 0.29) is 5.91 Å². The molecule has 27 heavy (non-hydrogen) atoms. The van der Waals surface area contributed by atoms with Crippen LogP contribution in [-0.4, -0.2) is 33.2 Å². The molecule has 2 heterocycles. The predicted octanol–water partition coefficient (Wildman–Crippen LogP) is 3.29. The van der Waals surface area contributed by atoms with Gasteiger partial charge in [0.1, 0.15) is 11.6 Å². The smallest absolute Gasteiger partial charge is 0.260 e. The average molecular weight is 366 g/mol. The van der Waals surface area contributed by atoms with Crippen molar-refractivity contribution in [1.29, 1.82) is 0 Å². The Morgan fingerprint density at radius 3 is 2.74 bits per heavy atom. The molecule has 1 amide bonds. The molecule has 3 rings (SSSR count). The normalized spacial score (nSPS) is 12.3. The number of aryl methyl sites for hydroxylation is 1. The fourth-order valence-corrected chi connectivity index (χ4v) is 3.13. The maximum absolute atomic E-state index is 12.3. The summed E-state index contributed by atoms with van der Waals surface area (Å²) in [6.45, 7) is 8.63. The summed E-state index contributed by atoms with van der Waals surface area (Å²) in [4.78, 5) is 12.3. The number of nitrogens with one attached hydrogen (secondary N) is 1. The SMILES string of the molecule is Cc1cc(OC(C)C(=O)NCCc2nnc3ccccn23)ccc1C(C)C. The van der Waals surface area contributed by atoms with E-state index >= 15 is 0 Å². The number of aromatic nitrogens is 3. The highest BCUT2D eigenvalue weighted by Crippen LogP contribution is 2.24. The Bertz CT molecular complexity index is 933. The number of hydrogen-bond acceptors (Lipinski definition) is 4. The van der Waals surface area contributed by atoms with Crippen molar-refractivity contribution in [2.45, 2.75) is 46.1 Å². The largest absolute Gasteiger partial charge is 0.481 e. The zero-order valence-electron chi connectivity index (χ0n) is 16.3. The molecular formula is C21H26N4O2. The molecule has 1 N–H and O–H groups in total. The number of nitrogens with zero attached hydrogens (tertiary/aromatic N) is 3. The van der Waals surface area contributed by atoms with Crippen LogP contribution in [0.1, 0.15) is 43.6 Å². The first-order valence-electron chi connectivity index (χ1n) is 9.29. The van der Waals surface area contributed by atoms with Gasteiger partial charge >= 0.3 is 0 Å². The van der Waals surface area contributed by atoms with Crippen molar-refractivity contribution in [1.82, 2.24) is 19.9 Å². The van der Waals surface area contributed by atoms with E-state index in [2.05, 4.69) is 42.4 Å². The second-order valence-corrected chi connectivity index (χ2v) is 7.02. The Balaban J connectivity index is 1.53. The Morgan fingerprint density at radius 1 is 1.19 bits per heavy atom. The highest BCUT2D eigenvalue weighted by atomic mass is 16.5. The van der Waals surface area contributed by atoms with Gasteiger partial charge in [-0.2, -0.15) is 0 Å². The summed E-state index contributed by atoms with van der Waals surface area (Å²) in [6, 6.07) is 11.7. The van der Waals surface area contributed by atoms with Crippen molar-refractivity contribution in [3.63, 3.8) is 0 Å². The van der Waals surface area contributed by atoms with Crippen LogP contribution in [0.3, 0.4) is 0 Å². The van der Waals surface area contributed by atoms with Crippen LogP contribution < -0.4 is 10.1 Å². The third-order valence-electron chi connectivity index (χ3n) is 4.58. The Morgan fingerprint density at radius 2 is 2.00 bits per heavy atom. The monoisotopic (exact) mass is 366 g/mol. The first-order valence-corrected chi connectivity index (χ1v) is 9.29. The molecule has 0 bridgehead atoms. The topological polar surface area (TPSA) is 68.5 Å². The molecule has 6 nitrogen and oxygen atoms in total. The van der Waals surface area contributed by atoms with Crippen molar-refractivity contribution in [3.05, 3.63) is 59.5 Å². The molecule has 1 atom stereocenters. The van der Waals surface area contributed by atoms with Crippen molar-refractivity contribution in [2.75, 3.05) is 6.54 Å². The molecule has 1 unspecified atom stereocenters. The Kier molecular flexibility index (Phi) is 5.74. The summed E-state index contributed by atoms with van der Waals surface area (Å²) in [7, 11) is 0. The van der Waals surface area contributed by atoms with Crippen molar-refractivity contribution in [2.24, 2.45) is 0 Å². The van der Waals surface area contributed by atoms with Gasteiger partial charge in [-0.25, -0.2) is 0 Å². The molecule has 0 radical (unpaired) electrons. The maximum atomic E-state index is 12.3. The molecule has 0 saturated heterocycles. The number of pyridine rings is 1. The van der Waals surface area contributed by atoms with Crippen LogP contribution in [0.25, 0.3) is 5.65 Å². The summed E-state index contributed by atoms with van der Waals surface area (Å²) in [5.41, 5.74) is 3.27. The van der Waals surface area contributed by atoms with Crippen molar-refractivity contribution < 1.29 is 9.53 Å². The predicted molar refractivity (Wildman–Crippen MR) is 105 cm³/mol. The maximum Gasteiger partial charge on any atom is 0.260 e. The number of amides is 1. The number of carbonyl (C=O) groups is 1. The summed E-state index contributed by atoms with van der Waals surface area (Å²) < 4.78 is 7.73. The molecule has 0 fully saturated rings. The fraction of sp³-hybridized carbons (Fsp3) is 0.381. The molecule has 0 aliphatic heterocycles. The number of benzene rings is 1. The van der Waals surface area contributed by atoms with Gasteiger partial charge in [-0.15, -0.1) is 10.2 Å². The zero-order chi connectivity index (χ0) is 19.4. The van der Waals surface area contributed by atoms with Gasteiger partial charge in [-0.1, -0.05) is 26.0 Å². The van der Waals surface area contributed by atoms with E-state index in [1.165, 1.54) is 11.1 Å². The molecular weight excluding hydrogens is 340 g/mol. The second kappa shape index (κ2) is 8.20. The lowest BCUT2D eigenvalue weighted by molar-refractivity contribution is -0.127. The number of fused-ring (bicyclic) bond motifs is 1. The number of carbonyl (C=O) groups excluding carboxylic acids is 1. The first-order chi connectivity index (χ1) is 13.0. The number of hydrogen-bond donors (Lipinski definition) is 1. The van der Waals surface area contributed by atoms with E-state index in [1.54, 1.807) is 6.92 Å². The van der Waals surface area contributed by atoms with Crippen LogP contribution in [0, 0.1) is 6.92 Å². The van der Waals surface area contributed by atoms with Crippen LogP contribution in [0.4, 0.5) is 0 Å². The van der Waals surface area contributed by atoms with Crippen LogP contribution in [0.15, 0.2) is 42.6 Å². The molecule has 0 saturated carbocycles. The molecule has 142 valence electrons. The molecule has 1 aromatic carbocycles. The molecule has 0 aliphatic carbocycles. The van der Waals surface area contributed by atoms with Gasteiger partial charge in [-0.05, 0) is 55.2 Å². The molecule has 6 heteroatoms. The van der Waals surface area contributed by atoms with Crippen LogP contribution in [0.5, 0.6) is 5.75 Å². The summed E-state index contributed by atoms with van der Waals surface area (Å²) in [5, 5.41) is 11.2. The molecule has 2 aromatic heterocycles. The fourth-order valence-electron chi connectivity index (χ4n) is 3.13. The van der Waals surface area contributed by atoms with Crippen LogP contribution in [0.2, 0.25) is 0 Å². The van der Waals surface area contributed by atoms with E-state index in [4.69, 9.17) is 4.74 Å². The van der Waals surface area contributed by atoms with Gasteiger partial charge in [0, 0.05) is 19.2 Å². The van der Waals surface area contributed by atoms with Gasteiger partial charge < -0.3 is 10.1 Å². The minimum Gasteiger partial charge on any atom is -0.481 e. The summed E-state index contributed by atoms with van der Waals surface area (Å²) in [6.07, 6.45) is 1.96. The molecule has 0 spiro atoms. The average Bonchev–Trinajstić information content (AvgIpc) is 3.04. The van der Waals surface area contributed by atoms with Gasteiger partial charge in [0.2, 0.25) is 0 Å². The van der Waals surface area contributed by atoms with Gasteiger partial charge in [-0.3, -0.25) is 9.20 Å². The van der Waals surface area contributed by atoms with Crippen LogP contribution >= 0.6 is 0 Å². The van der Waals surface area contributed by atoms with Gasteiger partial charge in [0.15, 0.2) is 11.8 Å². The third kappa shape index (κ3) is 4.45.